The summed E-state index contributed by atoms with van der Waals surface area (Å²) >= 11 is 12.4. The molecule has 0 heterocycles. The Kier molecular flexibility index (Phi) is 9.87. The van der Waals surface area contributed by atoms with Crippen LogP contribution in [-0.4, -0.2) is 43.3 Å². The largest absolute Gasteiger partial charge is 0.350 e. The summed E-state index contributed by atoms with van der Waals surface area (Å²) in [4.78, 5) is 28.1. The van der Waals surface area contributed by atoms with E-state index < -0.39 is 45.8 Å². The molecule has 3 rings (SSSR count). The summed E-state index contributed by atoms with van der Waals surface area (Å²) in [6.45, 7) is 7.74. The van der Waals surface area contributed by atoms with Crippen molar-refractivity contribution in [3.05, 3.63) is 93.7 Å². The van der Waals surface area contributed by atoms with Crippen molar-refractivity contribution in [3.8, 4) is 0 Å². The van der Waals surface area contributed by atoms with Crippen LogP contribution >= 0.6 is 23.2 Å². The minimum absolute atomic E-state index is 0.0545. The fraction of sp³-hybridized carbons (Fsp3) is 0.310. The van der Waals surface area contributed by atoms with Gasteiger partial charge in [-0.05, 0) is 71.0 Å². The first-order valence-electron chi connectivity index (χ1n) is 12.5. The molecule has 0 aliphatic carbocycles. The van der Waals surface area contributed by atoms with Gasteiger partial charge in [0.05, 0.1) is 10.6 Å². The molecule has 7 nitrogen and oxygen atoms in total. The van der Waals surface area contributed by atoms with Crippen LogP contribution in [0.1, 0.15) is 38.8 Å². The highest BCUT2D eigenvalue weighted by Gasteiger charge is 2.34. The molecule has 0 spiro atoms. The third-order valence-corrected chi connectivity index (χ3v) is 8.21. The van der Waals surface area contributed by atoms with Gasteiger partial charge in [-0.1, -0.05) is 59.1 Å². The lowest BCUT2D eigenvalue weighted by atomic mass is 10.1. The number of nitrogens with zero attached hydrogens (tertiary/aromatic N) is 2. The Morgan fingerprint density at radius 2 is 1.55 bits per heavy atom. The quantitative estimate of drug-likeness (QED) is 0.325. The van der Waals surface area contributed by atoms with Gasteiger partial charge >= 0.3 is 0 Å². The van der Waals surface area contributed by atoms with Crippen LogP contribution in [0.5, 0.6) is 0 Å². The van der Waals surface area contributed by atoms with Crippen molar-refractivity contribution in [2.75, 3.05) is 10.8 Å². The van der Waals surface area contributed by atoms with Crippen LogP contribution in [0.3, 0.4) is 0 Å². The zero-order chi connectivity index (χ0) is 29.8. The summed E-state index contributed by atoms with van der Waals surface area (Å²) in [6, 6.07) is 15.2. The molecule has 11 heteroatoms. The molecule has 3 aromatic rings. The molecule has 0 bridgehead atoms. The second-order valence-electron chi connectivity index (χ2n) is 10.5. The summed E-state index contributed by atoms with van der Waals surface area (Å²) in [5.74, 6) is -1.77. The van der Waals surface area contributed by atoms with E-state index in [0.717, 1.165) is 14.8 Å². The van der Waals surface area contributed by atoms with Gasteiger partial charge in [-0.25, -0.2) is 12.8 Å². The van der Waals surface area contributed by atoms with Crippen LogP contribution in [-0.2, 0) is 26.2 Å². The van der Waals surface area contributed by atoms with Gasteiger partial charge in [-0.15, -0.1) is 0 Å². The van der Waals surface area contributed by atoms with Gasteiger partial charge in [0.2, 0.25) is 11.8 Å². The number of hydrogen-bond donors (Lipinski definition) is 1. The number of benzene rings is 3. The van der Waals surface area contributed by atoms with Gasteiger partial charge in [0, 0.05) is 27.7 Å². The number of hydrogen-bond acceptors (Lipinski definition) is 4. The lowest BCUT2D eigenvalue weighted by Gasteiger charge is -2.33. The first-order chi connectivity index (χ1) is 18.6. The molecule has 0 radical (unpaired) electrons. The molecule has 0 aliphatic rings. The zero-order valence-electron chi connectivity index (χ0n) is 22.9. The number of rotatable bonds is 9. The average molecular weight is 609 g/mol. The highest BCUT2D eigenvalue weighted by atomic mass is 35.5. The molecule has 214 valence electrons. The van der Waals surface area contributed by atoms with E-state index in [1.54, 1.807) is 39.0 Å². The van der Waals surface area contributed by atoms with E-state index in [4.69, 9.17) is 23.2 Å². The summed E-state index contributed by atoms with van der Waals surface area (Å²) in [6.07, 6.45) is 0. The zero-order valence-corrected chi connectivity index (χ0v) is 25.2. The monoisotopic (exact) mass is 607 g/mol. The molecule has 2 amide bonds. The third-order valence-electron chi connectivity index (χ3n) is 5.99. The van der Waals surface area contributed by atoms with Crippen LogP contribution in [0.4, 0.5) is 10.1 Å². The Bertz CT molecular complexity index is 1470. The number of aryl methyl sites for hydroxylation is 1. The maximum atomic E-state index is 14.6. The normalized spacial score (nSPS) is 12.5. The Balaban J connectivity index is 2.08. The van der Waals surface area contributed by atoms with Gasteiger partial charge in [-0.2, -0.15) is 0 Å². The number of halogens is 3. The first-order valence-corrected chi connectivity index (χ1v) is 14.7. The van der Waals surface area contributed by atoms with Crippen molar-refractivity contribution >= 4 is 50.7 Å². The Labute approximate surface area is 244 Å². The van der Waals surface area contributed by atoms with E-state index in [1.807, 2.05) is 6.92 Å². The second-order valence-corrected chi connectivity index (χ2v) is 13.2. The minimum atomic E-state index is -4.29. The molecule has 0 saturated heterocycles. The molecule has 3 aromatic carbocycles. The first kappa shape index (κ1) is 31.4. The molecule has 0 saturated carbocycles. The maximum Gasteiger partial charge on any atom is 0.264 e. The number of anilines is 1. The van der Waals surface area contributed by atoms with Gasteiger partial charge < -0.3 is 10.2 Å². The van der Waals surface area contributed by atoms with Crippen molar-refractivity contribution in [1.29, 1.82) is 0 Å². The predicted molar refractivity (Wildman–Crippen MR) is 156 cm³/mol. The standard InChI is InChI=1S/C29H32Cl2FN3O4S/c1-19-10-12-25(13-11-19)40(38,39)35(24-15-22(30)14-23(31)16-24)18-27(36)34(17-21-8-6-7-9-26(21)32)20(2)28(37)33-29(3,4)5/h6-16,20H,17-18H2,1-5H3,(H,33,37). The van der Waals surface area contributed by atoms with E-state index in [1.165, 1.54) is 55.5 Å². The predicted octanol–water partition coefficient (Wildman–Crippen LogP) is 5.97. The maximum absolute atomic E-state index is 14.6. The van der Waals surface area contributed by atoms with Crippen molar-refractivity contribution in [1.82, 2.24) is 10.2 Å². The van der Waals surface area contributed by atoms with Gasteiger partial charge in [0.15, 0.2) is 0 Å². The van der Waals surface area contributed by atoms with Gasteiger partial charge in [0.1, 0.15) is 18.4 Å². The van der Waals surface area contributed by atoms with Crippen molar-refractivity contribution in [2.24, 2.45) is 0 Å². The van der Waals surface area contributed by atoms with Crippen molar-refractivity contribution < 1.29 is 22.4 Å². The average Bonchev–Trinajstić information content (AvgIpc) is 2.84. The SMILES string of the molecule is Cc1ccc(S(=O)(=O)N(CC(=O)N(Cc2ccccc2F)C(C)C(=O)NC(C)(C)C)c2cc(Cl)cc(Cl)c2)cc1. The smallest absolute Gasteiger partial charge is 0.264 e. The van der Waals surface area contributed by atoms with Gasteiger partial charge in [-0.3, -0.25) is 13.9 Å². The molecule has 1 unspecified atom stereocenters. The molecular formula is C29H32Cl2FN3O4S. The number of carbonyl (C=O) groups excluding carboxylic acids is 2. The molecular weight excluding hydrogens is 576 g/mol. The summed E-state index contributed by atoms with van der Waals surface area (Å²) in [5, 5.41) is 3.16. The molecule has 1 N–H and O–H groups in total. The topological polar surface area (TPSA) is 86.8 Å². The van der Waals surface area contributed by atoms with E-state index in [0.29, 0.717) is 0 Å². The Hall–Kier alpha value is -3.14. The molecule has 0 aromatic heterocycles. The third kappa shape index (κ3) is 7.96. The van der Waals surface area contributed by atoms with Crippen LogP contribution in [0.2, 0.25) is 10.0 Å². The molecule has 0 fully saturated rings. The molecule has 1 atom stereocenters. The fourth-order valence-corrected chi connectivity index (χ4v) is 5.83. The van der Waals surface area contributed by atoms with Crippen LogP contribution < -0.4 is 9.62 Å². The second kappa shape index (κ2) is 12.6. The van der Waals surface area contributed by atoms with Gasteiger partial charge in [0.25, 0.3) is 10.0 Å². The van der Waals surface area contributed by atoms with Crippen LogP contribution in [0.25, 0.3) is 0 Å². The van der Waals surface area contributed by atoms with Crippen LogP contribution in [0.15, 0.2) is 71.6 Å². The Morgan fingerprint density at radius 1 is 0.975 bits per heavy atom. The number of amides is 2. The van der Waals surface area contributed by atoms with Crippen LogP contribution in [0, 0.1) is 12.7 Å². The van der Waals surface area contributed by atoms with E-state index in [2.05, 4.69) is 5.32 Å². The van der Waals surface area contributed by atoms with Crippen molar-refractivity contribution in [3.63, 3.8) is 0 Å². The lowest BCUT2D eigenvalue weighted by Crippen LogP contribution is -2.54. The fourth-order valence-electron chi connectivity index (χ4n) is 3.92. The van der Waals surface area contributed by atoms with E-state index in [-0.39, 0.29) is 32.7 Å². The lowest BCUT2D eigenvalue weighted by molar-refractivity contribution is -0.140. The Morgan fingerprint density at radius 3 is 2.10 bits per heavy atom. The van der Waals surface area contributed by atoms with E-state index in [9.17, 15) is 22.4 Å². The number of nitrogens with one attached hydrogen (secondary N) is 1. The number of sulfonamides is 1. The van der Waals surface area contributed by atoms with E-state index >= 15 is 0 Å². The summed E-state index contributed by atoms with van der Waals surface area (Å²) in [7, 11) is -4.29. The summed E-state index contributed by atoms with van der Waals surface area (Å²) < 4.78 is 43.2. The van der Waals surface area contributed by atoms with Crippen molar-refractivity contribution in [2.45, 2.75) is 57.6 Å². The highest BCUT2D eigenvalue weighted by Crippen LogP contribution is 2.30. The molecule has 40 heavy (non-hydrogen) atoms. The molecule has 0 aliphatic heterocycles. The minimum Gasteiger partial charge on any atom is -0.350 e. The summed E-state index contributed by atoms with van der Waals surface area (Å²) in [5.41, 5.74) is 0.479. The highest BCUT2D eigenvalue weighted by molar-refractivity contribution is 7.92. The number of carbonyl (C=O) groups is 2.